The molecular weight excluding hydrogens is 325 g/mol. The number of hydrogen-bond donors (Lipinski definition) is 3. The van der Waals surface area contributed by atoms with Gasteiger partial charge >= 0.3 is 5.97 Å². The van der Waals surface area contributed by atoms with Crippen molar-refractivity contribution in [1.82, 2.24) is 4.72 Å². The predicted molar refractivity (Wildman–Crippen MR) is 67.8 cm³/mol. The van der Waals surface area contributed by atoms with Gasteiger partial charge in [0.1, 0.15) is 9.23 Å². The maximum atomic E-state index is 11.8. The largest absolute Gasteiger partial charge is 0.479 e. The van der Waals surface area contributed by atoms with E-state index in [9.17, 15) is 18.3 Å². The van der Waals surface area contributed by atoms with Crippen LogP contribution in [-0.4, -0.2) is 36.7 Å². The molecule has 0 bridgehead atoms. The normalized spacial score (nSPS) is 15.3. The van der Waals surface area contributed by atoms with Crippen molar-refractivity contribution in [2.24, 2.45) is 0 Å². The van der Waals surface area contributed by atoms with Gasteiger partial charge in [0.25, 0.3) is 0 Å². The third kappa shape index (κ3) is 3.56. The zero-order valence-corrected chi connectivity index (χ0v) is 12.1. The van der Waals surface area contributed by atoms with Crippen LogP contribution in [0.1, 0.15) is 6.92 Å². The summed E-state index contributed by atoms with van der Waals surface area (Å²) in [6, 6.07) is 1.15. The van der Waals surface area contributed by atoms with Crippen molar-refractivity contribution in [2.75, 3.05) is 6.54 Å². The van der Waals surface area contributed by atoms with Crippen molar-refractivity contribution in [3.8, 4) is 0 Å². The number of halogens is 2. The third-order valence-electron chi connectivity index (χ3n) is 1.98. The van der Waals surface area contributed by atoms with Crippen LogP contribution in [0.3, 0.4) is 0 Å². The molecule has 0 fully saturated rings. The summed E-state index contributed by atoms with van der Waals surface area (Å²) in [4.78, 5) is 10.4. The zero-order valence-electron chi connectivity index (χ0n) is 8.98. The Morgan fingerprint density at radius 3 is 2.50 bits per heavy atom. The summed E-state index contributed by atoms with van der Waals surface area (Å²) in [6.07, 6.45) is 0. The smallest absolute Gasteiger partial charge is 0.336 e. The number of carboxylic acid groups (broad SMARTS) is 1. The Bertz CT molecular complexity index is 566. The van der Waals surface area contributed by atoms with Crippen LogP contribution in [-0.2, 0) is 14.8 Å². The summed E-state index contributed by atoms with van der Waals surface area (Å²) >= 11 is 12.2. The first-order valence-corrected chi connectivity index (χ1v) is 7.52. The van der Waals surface area contributed by atoms with Gasteiger partial charge in [0.05, 0.1) is 10.9 Å². The highest BCUT2D eigenvalue weighted by atomic mass is 35.5. The lowest BCUT2D eigenvalue weighted by molar-refractivity contribution is -0.155. The minimum Gasteiger partial charge on any atom is -0.479 e. The van der Waals surface area contributed by atoms with Crippen molar-refractivity contribution in [3.63, 3.8) is 0 Å². The molecule has 0 aliphatic rings. The van der Waals surface area contributed by atoms with Gasteiger partial charge in [0, 0.05) is 0 Å². The van der Waals surface area contributed by atoms with Gasteiger partial charge in [0.2, 0.25) is 10.0 Å². The number of aliphatic hydroxyl groups is 1. The number of thiophene rings is 1. The molecule has 1 unspecified atom stereocenters. The van der Waals surface area contributed by atoms with Gasteiger partial charge in [-0.05, 0) is 13.0 Å². The molecule has 0 spiro atoms. The SMILES string of the molecule is CC(O)(CNS(=O)(=O)c1cc(Cl)sc1Cl)C(=O)O. The standard InChI is InChI=1S/C8H9Cl2NO5S2/c1-8(14,7(12)13)3-11-18(15,16)4-2-5(9)17-6(4)10/h2,11,14H,3H2,1H3,(H,12,13). The molecule has 0 aliphatic heterocycles. The minimum atomic E-state index is -4.02. The molecule has 1 aromatic heterocycles. The maximum Gasteiger partial charge on any atom is 0.336 e. The lowest BCUT2D eigenvalue weighted by atomic mass is 10.1. The van der Waals surface area contributed by atoms with Crippen LogP contribution in [0.5, 0.6) is 0 Å². The molecule has 18 heavy (non-hydrogen) atoms. The van der Waals surface area contributed by atoms with E-state index >= 15 is 0 Å². The molecule has 1 rings (SSSR count). The second-order valence-electron chi connectivity index (χ2n) is 3.59. The predicted octanol–water partition coefficient (Wildman–Crippen LogP) is 1.17. The Morgan fingerprint density at radius 2 is 2.11 bits per heavy atom. The highest BCUT2D eigenvalue weighted by molar-refractivity contribution is 7.89. The second-order valence-corrected chi connectivity index (χ2v) is 7.61. The molecule has 0 aromatic carbocycles. The minimum absolute atomic E-state index is 0.0394. The summed E-state index contributed by atoms with van der Waals surface area (Å²) in [5.74, 6) is -1.54. The van der Waals surface area contributed by atoms with Gasteiger partial charge in [-0.3, -0.25) is 0 Å². The van der Waals surface area contributed by atoms with Crippen molar-refractivity contribution in [1.29, 1.82) is 0 Å². The molecule has 1 aromatic rings. The van der Waals surface area contributed by atoms with E-state index in [-0.39, 0.29) is 13.6 Å². The van der Waals surface area contributed by atoms with E-state index in [1.54, 1.807) is 0 Å². The van der Waals surface area contributed by atoms with Crippen LogP contribution in [0, 0.1) is 0 Å². The topological polar surface area (TPSA) is 104 Å². The first-order chi connectivity index (χ1) is 8.06. The Morgan fingerprint density at radius 1 is 1.56 bits per heavy atom. The van der Waals surface area contributed by atoms with Gasteiger partial charge in [-0.2, -0.15) is 0 Å². The summed E-state index contributed by atoms with van der Waals surface area (Å²) in [7, 11) is -4.02. The average Bonchev–Trinajstić information content (AvgIpc) is 2.56. The lowest BCUT2D eigenvalue weighted by Crippen LogP contribution is -2.46. The van der Waals surface area contributed by atoms with Crippen molar-refractivity contribution >= 4 is 50.5 Å². The fourth-order valence-corrected chi connectivity index (χ4v) is 4.18. The van der Waals surface area contributed by atoms with E-state index in [4.69, 9.17) is 28.3 Å². The van der Waals surface area contributed by atoms with E-state index in [0.717, 1.165) is 24.3 Å². The highest BCUT2D eigenvalue weighted by Crippen LogP contribution is 2.34. The van der Waals surface area contributed by atoms with Gasteiger partial charge in [-0.25, -0.2) is 17.9 Å². The second kappa shape index (κ2) is 5.32. The van der Waals surface area contributed by atoms with E-state index in [1.807, 2.05) is 4.72 Å². The molecule has 3 N–H and O–H groups in total. The van der Waals surface area contributed by atoms with Crippen molar-refractivity contribution in [3.05, 3.63) is 14.7 Å². The van der Waals surface area contributed by atoms with Gasteiger partial charge in [-0.1, -0.05) is 23.2 Å². The van der Waals surface area contributed by atoms with Crippen molar-refractivity contribution in [2.45, 2.75) is 17.4 Å². The Balaban J connectivity index is 2.91. The Hall–Kier alpha value is -0.380. The molecule has 0 radical (unpaired) electrons. The molecule has 0 saturated carbocycles. The number of sulfonamides is 1. The van der Waals surface area contributed by atoms with Gasteiger partial charge in [-0.15, -0.1) is 11.3 Å². The van der Waals surface area contributed by atoms with Crippen LogP contribution in [0.4, 0.5) is 0 Å². The number of nitrogens with one attached hydrogen (secondary N) is 1. The molecule has 0 amide bonds. The number of aliphatic carboxylic acids is 1. The summed E-state index contributed by atoms with van der Waals surface area (Å²) in [5.41, 5.74) is -2.21. The van der Waals surface area contributed by atoms with Gasteiger partial charge in [0.15, 0.2) is 5.60 Å². The molecule has 1 atom stereocenters. The third-order valence-corrected chi connectivity index (χ3v) is 5.14. The Labute approximate surface area is 117 Å². The first kappa shape index (κ1) is 15.7. The molecular formula is C8H9Cl2NO5S2. The van der Waals surface area contributed by atoms with E-state index < -0.39 is 28.1 Å². The Kier molecular flexibility index (Phi) is 4.63. The molecule has 10 heteroatoms. The van der Waals surface area contributed by atoms with Gasteiger partial charge < -0.3 is 10.2 Å². The van der Waals surface area contributed by atoms with E-state index in [0.29, 0.717) is 0 Å². The molecule has 0 aliphatic carbocycles. The number of hydrogen-bond acceptors (Lipinski definition) is 5. The van der Waals surface area contributed by atoms with Crippen LogP contribution >= 0.6 is 34.5 Å². The zero-order chi connectivity index (χ0) is 14.1. The van der Waals surface area contributed by atoms with E-state index in [1.165, 1.54) is 0 Å². The fraction of sp³-hybridized carbons (Fsp3) is 0.375. The summed E-state index contributed by atoms with van der Waals surface area (Å²) < 4.78 is 25.7. The molecule has 1 heterocycles. The fourth-order valence-electron chi connectivity index (χ4n) is 0.897. The molecule has 102 valence electrons. The average molecular weight is 334 g/mol. The molecule has 6 nitrogen and oxygen atoms in total. The lowest BCUT2D eigenvalue weighted by Gasteiger charge is -2.18. The monoisotopic (exact) mass is 333 g/mol. The maximum absolute atomic E-state index is 11.8. The van der Waals surface area contributed by atoms with Crippen molar-refractivity contribution < 1.29 is 23.4 Å². The van der Waals surface area contributed by atoms with E-state index in [2.05, 4.69) is 0 Å². The number of carboxylic acids is 1. The highest BCUT2D eigenvalue weighted by Gasteiger charge is 2.32. The number of rotatable bonds is 5. The van der Waals surface area contributed by atoms with Crippen LogP contribution in [0.25, 0.3) is 0 Å². The van der Waals surface area contributed by atoms with Crippen LogP contribution < -0.4 is 4.72 Å². The summed E-state index contributed by atoms with van der Waals surface area (Å²) in [6.45, 7) is 0.286. The first-order valence-electron chi connectivity index (χ1n) is 4.46. The van der Waals surface area contributed by atoms with Crippen LogP contribution in [0.2, 0.25) is 8.67 Å². The summed E-state index contributed by atoms with van der Waals surface area (Å²) in [5, 5.41) is 18.0. The molecule has 0 saturated heterocycles. The van der Waals surface area contributed by atoms with Crippen LogP contribution in [0.15, 0.2) is 11.0 Å². The quantitative estimate of drug-likeness (QED) is 0.750. The number of carbonyl (C=O) groups is 1.